The largest absolute Gasteiger partial charge is 0.493 e. The summed E-state index contributed by atoms with van der Waals surface area (Å²) in [6.07, 6.45) is -0.256. The fourth-order valence-corrected chi connectivity index (χ4v) is 1.89. The summed E-state index contributed by atoms with van der Waals surface area (Å²) in [6, 6.07) is 5.17. The van der Waals surface area contributed by atoms with Gasteiger partial charge in [-0.15, -0.1) is 0 Å². The Kier molecular flexibility index (Phi) is 4.01. The average molecular weight is 265 g/mol. The van der Waals surface area contributed by atoms with E-state index in [0.29, 0.717) is 12.2 Å². The Hall–Kier alpha value is -2.08. The first-order valence-corrected chi connectivity index (χ1v) is 5.91. The summed E-state index contributed by atoms with van der Waals surface area (Å²) in [7, 11) is 1.29. The molecule has 1 heterocycles. The predicted octanol–water partition coefficient (Wildman–Crippen LogP) is 0.451. The lowest BCUT2D eigenvalue weighted by molar-refractivity contribution is -0.148. The Morgan fingerprint density at radius 1 is 1.53 bits per heavy atom. The summed E-state index contributed by atoms with van der Waals surface area (Å²) < 4.78 is 10.1. The van der Waals surface area contributed by atoms with Gasteiger partial charge in [-0.2, -0.15) is 0 Å². The highest BCUT2D eigenvalue weighted by atomic mass is 16.5. The molecule has 1 atom stereocenters. The van der Waals surface area contributed by atoms with Crippen molar-refractivity contribution in [3.05, 3.63) is 29.3 Å². The lowest BCUT2D eigenvalue weighted by Gasteiger charge is -2.11. The topological polar surface area (TPSA) is 84.9 Å². The van der Waals surface area contributed by atoms with Gasteiger partial charge in [0.2, 0.25) is 0 Å². The third-order valence-electron chi connectivity index (χ3n) is 2.96. The molecule has 6 nitrogen and oxygen atoms in total. The monoisotopic (exact) mass is 265 g/mol. The third-order valence-corrected chi connectivity index (χ3v) is 2.96. The molecule has 0 bridgehead atoms. The number of hydrogen-bond acceptors (Lipinski definition) is 4. The van der Waals surface area contributed by atoms with Crippen LogP contribution in [0.2, 0.25) is 0 Å². The van der Waals surface area contributed by atoms with Crippen molar-refractivity contribution in [1.29, 1.82) is 0 Å². The fraction of sp³-hybridized carbons (Fsp3) is 0.385. The number of benzene rings is 1. The average Bonchev–Trinajstić information content (AvgIpc) is 2.85. The van der Waals surface area contributed by atoms with Gasteiger partial charge in [0.25, 0.3) is 5.91 Å². The van der Waals surface area contributed by atoms with Gasteiger partial charge in [-0.25, -0.2) is 4.79 Å². The van der Waals surface area contributed by atoms with Crippen molar-refractivity contribution in [1.82, 2.24) is 5.32 Å². The molecule has 1 aliphatic heterocycles. The van der Waals surface area contributed by atoms with E-state index in [0.717, 1.165) is 17.7 Å². The summed E-state index contributed by atoms with van der Waals surface area (Å²) in [5, 5.41) is 11.3. The number of hydrogen-bond donors (Lipinski definition) is 2. The van der Waals surface area contributed by atoms with Gasteiger partial charge >= 0.3 is 5.97 Å². The smallest absolute Gasteiger partial charge is 0.334 e. The van der Waals surface area contributed by atoms with Crippen LogP contribution in [0, 0.1) is 0 Å². The van der Waals surface area contributed by atoms with Crippen LogP contribution in [0.25, 0.3) is 0 Å². The molecule has 1 aromatic rings. The first kappa shape index (κ1) is 13.4. The van der Waals surface area contributed by atoms with Crippen LogP contribution in [0.15, 0.2) is 18.2 Å². The lowest BCUT2D eigenvalue weighted by atomic mass is 10.1. The van der Waals surface area contributed by atoms with E-state index >= 15 is 0 Å². The zero-order chi connectivity index (χ0) is 13.8. The minimum atomic E-state index is -1.11. The molecule has 1 amide bonds. The SMILES string of the molecule is COC(CNC(=O)c1ccc2c(c1)CCO2)C(=O)O. The summed E-state index contributed by atoms with van der Waals surface area (Å²) in [6.45, 7) is 0.559. The Labute approximate surface area is 110 Å². The number of carboxylic acid groups (broad SMARTS) is 1. The molecule has 0 aromatic heterocycles. The van der Waals surface area contributed by atoms with E-state index in [4.69, 9.17) is 14.6 Å². The van der Waals surface area contributed by atoms with Gasteiger partial charge in [0.1, 0.15) is 5.75 Å². The maximum Gasteiger partial charge on any atom is 0.334 e. The molecule has 102 valence electrons. The second-order valence-corrected chi connectivity index (χ2v) is 4.19. The van der Waals surface area contributed by atoms with Crippen LogP contribution in [-0.2, 0) is 16.0 Å². The molecule has 1 aromatic carbocycles. The maximum absolute atomic E-state index is 11.9. The van der Waals surface area contributed by atoms with E-state index in [1.54, 1.807) is 18.2 Å². The summed E-state index contributed by atoms with van der Waals surface area (Å²) in [4.78, 5) is 22.6. The van der Waals surface area contributed by atoms with Gasteiger partial charge in [0.15, 0.2) is 6.10 Å². The van der Waals surface area contributed by atoms with Gasteiger partial charge in [-0.05, 0) is 23.8 Å². The number of methoxy groups -OCH3 is 1. The van der Waals surface area contributed by atoms with Crippen LogP contribution in [0.1, 0.15) is 15.9 Å². The number of carbonyl (C=O) groups excluding carboxylic acids is 1. The van der Waals surface area contributed by atoms with Crippen molar-refractivity contribution < 1.29 is 24.2 Å². The number of amides is 1. The van der Waals surface area contributed by atoms with Crippen molar-refractivity contribution in [2.24, 2.45) is 0 Å². The summed E-state index contributed by atoms with van der Waals surface area (Å²) in [5.74, 6) is -0.625. The molecule has 1 aliphatic rings. The van der Waals surface area contributed by atoms with Crippen molar-refractivity contribution in [3.8, 4) is 5.75 Å². The molecular formula is C13H15NO5. The van der Waals surface area contributed by atoms with E-state index in [2.05, 4.69) is 5.32 Å². The second kappa shape index (κ2) is 5.71. The van der Waals surface area contributed by atoms with Crippen LogP contribution in [0.5, 0.6) is 5.75 Å². The number of nitrogens with one attached hydrogen (secondary N) is 1. The highest BCUT2D eigenvalue weighted by molar-refractivity contribution is 5.95. The van der Waals surface area contributed by atoms with Crippen LogP contribution in [0.4, 0.5) is 0 Å². The first-order valence-electron chi connectivity index (χ1n) is 5.91. The molecule has 0 saturated heterocycles. The van der Waals surface area contributed by atoms with Crippen molar-refractivity contribution >= 4 is 11.9 Å². The molecule has 1 unspecified atom stereocenters. The van der Waals surface area contributed by atoms with E-state index in [9.17, 15) is 9.59 Å². The standard InChI is InChI=1S/C13H15NO5/c1-18-11(13(16)17)7-14-12(15)9-2-3-10-8(6-9)4-5-19-10/h2-3,6,11H,4-5,7H2,1H3,(H,14,15)(H,16,17). The number of carboxylic acids is 1. The molecule has 0 spiro atoms. The maximum atomic E-state index is 11.9. The summed E-state index contributed by atoms with van der Waals surface area (Å²) in [5.41, 5.74) is 1.48. The Morgan fingerprint density at radius 3 is 3.00 bits per heavy atom. The van der Waals surface area contributed by atoms with Gasteiger partial charge in [-0.1, -0.05) is 0 Å². The first-order chi connectivity index (χ1) is 9.11. The summed E-state index contributed by atoms with van der Waals surface area (Å²) >= 11 is 0. The molecule has 6 heteroatoms. The number of rotatable bonds is 5. The van der Waals surface area contributed by atoms with Crippen molar-refractivity contribution in [2.75, 3.05) is 20.3 Å². The molecule has 0 radical (unpaired) electrons. The Morgan fingerprint density at radius 2 is 2.32 bits per heavy atom. The van der Waals surface area contributed by atoms with Gasteiger partial charge in [0.05, 0.1) is 13.2 Å². The fourth-order valence-electron chi connectivity index (χ4n) is 1.89. The zero-order valence-electron chi connectivity index (χ0n) is 10.5. The molecular weight excluding hydrogens is 250 g/mol. The van der Waals surface area contributed by atoms with Crippen LogP contribution in [-0.4, -0.2) is 43.3 Å². The van der Waals surface area contributed by atoms with Crippen molar-refractivity contribution in [2.45, 2.75) is 12.5 Å². The van der Waals surface area contributed by atoms with E-state index in [1.807, 2.05) is 0 Å². The van der Waals surface area contributed by atoms with Gasteiger partial charge < -0.3 is 19.9 Å². The van der Waals surface area contributed by atoms with Crippen LogP contribution >= 0.6 is 0 Å². The highest BCUT2D eigenvalue weighted by Crippen LogP contribution is 2.25. The normalized spacial score (nSPS) is 14.4. The Bertz CT molecular complexity index is 500. The van der Waals surface area contributed by atoms with E-state index in [1.165, 1.54) is 7.11 Å². The number of carbonyl (C=O) groups is 2. The lowest BCUT2D eigenvalue weighted by Crippen LogP contribution is -2.37. The van der Waals surface area contributed by atoms with Crippen LogP contribution < -0.4 is 10.1 Å². The second-order valence-electron chi connectivity index (χ2n) is 4.19. The minimum Gasteiger partial charge on any atom is -0.493 e. The van der Waals surface area contributed by atoms with E-state index in [-0.39, 0.29) is 12.5 Å². The molecule has 0 saturated carbocycles. The van der Waals surface area contributed by atoms with Crippen LogP contribution in [0.3, 0.4) is 0 Å². The molecule has 19 heavy (non-hydrogen) atoms. The number of ether oxygens (including phenoxy) is 2. The minimum absolute atomic E-state index is 0.0712. The quantitative estimate of drug-likeness (QED) is 0.807. The molecule has 0 fully saturated rings. The molecule has 2 N–H and O–H groups in total. The van der Waals surface area contributed by atoms with Crippen molar-refractivity contribution in [3.63, 3.8) is 0 Å². The van der Waals surface area contributed by atoms with Gasteiger partial charge in [-0.3, -0.25) is 4.79 Å². The predicted molar refractivity (Wildman–Crippen MR) is 66.4 cm³/mol. The Balaban J connectivity index is 1.98. The third kappa shape index (κ3) is 3.03. The zero-order valence-corrected chi connectivity index (χ0v) is 10.5. The molecule has 0 aliphatic carbocycles. The number of aliphatic carboxylic acids is 1. The molecule has 2 rings (SSSR count). The number of fused-ring (bicyclic) bond motifs is 1. The highest BCUT2D eigenvalue weighted by Gasteiger charge is 2.19. The van der Waals surface area contributed by atoms with Gasteiger partial charge in [0, 0.05) is 19.1 Å². The van der Waals surface area contributed by atoms with E-state index < -0.39 is 12.1 Å².